The Morgan fingerprint density at radius 1 is 1.00 bits per heavy atom. The van der Waals surface area contributed by atoms with Crippen LogP contribution in [0, 0.1) is 13.8 Å². The third-order valence-corrected chi connectivity index (χ3v) is 6.27. The third kappa shape index (κ3) is 7.13. The summed E-state index contributed by atoms with van der Waals surface area (Å²) in [6.07, 6.45) is 0.0906. The van der Waals surface area contributed by atoms with E-state index in [4.69, 9.17) is 4.74 Å². The minimum absolute atomic E-state index is 0.0906. The lowest BCUT2D eigenvalue weighted by Crippen LogP contribution is -2.42. The minimum atomic E-state index is -0.360. The average Bonchev–Trinajstić information content (AvgIpc) is 3.25. The largest absolute Gasteiger partial charge is 0.497 e. The van der Waals surface area contributed by atoms with E-state index in [1.807, 2.05) is 45.9 Å². The number of carbonyl (C=O) groups excluding carboxylic acids is 3. The summed E-state index contributed by atoms with van der Waals surface area (Å²) in [7, 11) is 1.56. The highest BCUT2D eigenvalue weighted by Gasteiger charge is 2.22. The molecule has 3 amide bonds. The van der Waals surface area contributed by atoms with Gasteiger partial charge in [-0.05, 0) is 75.2 Å². The van der Waals surface area contributed by atoms with E-state index < -0.39 is 0 Å². The summed E-state index contributed by atoms with van der Waals surface area (Å²) in [4.78, 5) is 43.8. The topological polar surface area (TPSA) is 101 Å². The van der Waals surface area contributed by atoms with Crippen LogP contribution in [0.1, 0.15) is 41.0 Å². The second-order valence-electron chi connectivity index (χ2n) is 8.47. The Balaban J connectivity index is 1.57. The van der Waals surface area contributed by atoms with Crippen molar-refractivity contribution in [2.45, 2.75) is 40.2 Å². The van der Waals surface area contributed by atoms with Crippen LogP contribution < -0.4 is 15.4 Å². The Morgan fingerprint density at radius 2 is 1.71 bits per heavy atom. The molecule has 35 heavy (non-hydrogen) atoms. The molecule has 0 aliphatic heterocycles. The van der Waals surface area contributed by atoms with Gasteiger partial charge in [0.2, 0.25) is 11.8 Å². The van der Waals surface area contributed by atoms with Crippen molar-refractivity contribution in [2.24, 2.45) is 0 Å². The summed E-state index contributed by atoms with van der Waals surface area (Å²) < 4.78 is 5.13. The number of carbonyl (C=O) groups is 3. The van der Waals surface area contributed by atoms with E-state index in [0.29, 0.717) is 22.1 Å². The predicted molar refractivity (Wildman–Crippen MR) is 138 cm³/mol. The maximum Gasteiger partial charge on any atom is 0.254 e. The fourth-order valence-electron chi connectivity index (χ4n) is 3.34. The number of hydrogen-bond acceptors (Lipinski definition) is 6. The van der Waals surface area contributed by atoms with Gasteiger partial charge in [0.1, 0.15) is 12.3 Å². The first kappa shape index (κ1) is 25.9. The molecule has 1 heterocycles. The van der Waals surface area contributed by atoms with Crippen LogP contribution in [0.3, 0.4) is 0 Å². The maximum absolute atomic E-state index is 12.9. The highest BCUT2D eigenvalue weighted by Crippen LogP contribution is 2.19. The molecule has 0 saturated heterocycles. The number of methoxy groups -OCH3 is 1. The van der Waals surface area contributed by atoms with Gasteiger partial charge in [0.05, 0.1) is 19.2 Å². The normalized spacial score (nSPS) is 10.7. The summed E-state index contributed by atoms with van der Waals surface area (Å²) in [5, 5.41) is 7.71. The van der Waals surface area contributed by atoms with Crippen LogP contribution in [0.5, 0.6) is 5.75 Å². The van der Waals surface area contributed by atoms with Gasteiger partial charge in [0, 0.05) is 22.7 Å². The molecule has 8 nitrogen and oxygen atoms in total. The van der Waals surface area contributed by atoms with Crippen molar-refractivity contribution in [1.82, 2.24) is 9.88 Å². The number of aromatic nitrogens is 1. The third-order valence-electron chi connectivity index (χ3n) is 5.47. The Hall–Kier alpha value is -3.72. The van der Waals surface area contributed by atoms with Gasteiger partial charge in [-0.15, -0.1) is 11.3 Å². The van der Waals surface area contributed by atoms with Crippen molar-refractivity contribution >= 4 is 39.9 Å². The van der Waals surface area contributed by atoms with Crippen molar-refractivity contribution in [3.63, 3.8) is 0 Å². The van der Waals surface area contributed by atoms with E-state index in [9.17, 15) is 14.4 Å². The second-order valence-corrected chi connectivity index (χ2v) is 9.33. The van der Waals surface area contributed by atoms with Gasteiger partial charge in [0.25, 0.3) is 5.91 Å². The molecule has 0 saturated carbocycles. The van der Waals surface area contributed by atoms with E-state index in [-0.39, 0.29) is 36.7 Å². The summed E-state index contributed by atoms with van der Waals surface area (Å²) >= 11 is 1.23. The number of nitrogens with one attached hydrogen (secondary N) is 2. The van der Waals surface area contributed by atoms with Crippen LogP contribution in [-0.4, -0.2) is 47.3 Å². The van der Waals surface area contributed by atoms with Crippen molar-refractivity contribution in [2.75, 3.05) is 24.3 Å². The van der Waals surface area contributed by atoms with Gasteiger partial charge in [-0.25, -0.2) is 4.98 Å². The van der Waals surface area contributed by atoms with Gasteiger partial charge in [-0.2, -0.15) is 0 Å². The molecule has 0 radical (unpaired) electrons. The number of anilines is 2. The molecule has 184 valence electrons. The fourth-order valence-corrected chi connectivity index (χ4v) is 4.06. The summed E-state index contributed by atoms with van der Waals surface area (Å²) in [6.45, 7) is 7.59. The zero-order valence-electron chi connectivity index (χ0n) is 20.5. The number of aryl methyl sites for hydroxylation is 2. The molecule has 3 aromatic rings. The number of ether oxygens (including phenoxy) is 1. The molecular formula is C26H30N4O4S. The van der Waals surface area contributed by atoms with Gasteiger partial charge in [-0.3, -0.25) is 14.4 Å². The first-order valence-electron chi connectivity index (χ1n) is 11.2. The SMILES string of the molecule is COc1ccc(C(=O)N(CC(=O)Nc2nc(CC(=O)Nc3ccc(C)c(C)c3)cs2)C(C)C)cc1. The van der Waals surface area contributed by atoms with Crippen LogP contribution in [0.2, 0.25) is 0 Å². The zero-order valence-corrected chi connectivity index (χ0v) is 21.4. The van der Waals surface area contributed by atoms with E-state index in [1.165, 1.54) is 16.2 Å². The molecule has 0 unspecified atom stereocenters. The number of nitrogens with zero attached hydrogens (tertiary/aromatic N) is 2. The molecule has 2 N–H and O–H groups in total. The van der Waals surface area contributed by atoms with Crippen LogP contribution in [-0.2, 0) is 16.0 Å². The predicted octanol–water partition coefficient (Wildman–Crippen LogP) is 4.44. The zero-order chi connectivity index (χ0) is 25.5. The van der Waals surface area contributed by atoms with Crippen molar-refractivity contribution in [3.05, 3.63) is 70.2 Å². The molecule has 0 atom stereocenters. The van der Waals surface area contributed by atoms with Crippen molar-refractivity contribution < 1.29 is 19.1 Å². The lowest BCUT2D eigenvalue weighted by Gasteiger charge is -2.26. The number of hydrogen-bond donors (Lipinski definition) is 2. The Labute approximate surface area is 209 Å². The Morgan fingerprint density at radius 3 is 2.34 bits per heavy atom. The van der Waals surface area contributed by atoms with Gasteiger partial charge in [-0.1, -0.05) is 6.07 Å². The number of rotatable bonds is 9. The molecule has 0 spiro atoms. The molecule has 0 aliphatic carbocycles. The van der Waals surface area contributed by atoms with E-state index in [1.54, 1.807) is 36.8 Å². The summed E-state index contributed by atoms with van der Waals surface area (Å²) in [6, 6.07) is 12.3. The lowest BCUT2D eigenvalue weighted by atomic mass is 10.1. The highest BCUT2D eigenvalue weighted by molar-refractivity contribution is 7.13. The number of benzene rings is 2. The molecule has 1 aromatic heterocycles. The monoisotopic (exact) mass is 494 g/mol. The minimum Gasteiger partial charge on any atom is -0.497 e. The van der Waals surface area contributed by atoms with E-state index in [0.717, 1.165) is 16.8 Å². The first-order valence-corrected chi connectivity index (χ1v) is 12.1. The smallest absolute Gasteiger partial charge is 0.254 e. The van der Waals surface area contributed by atoms with Crippen LogP contribution in [0.15, 0.2) is 47.8 Å². The number of thiazole rings is 1. The van der Waals surface area contributed by atoms with Crippen molar-refractivity contribution in [3.8, 4) is 5.75 Å². The van der Waals surface area contributed by atoms with Crippen LogP contribution >= 0.6 is 11.3 Å². The molecule has 0 bridgehead atoms. The molecular weight excluding hydrogens is 464 g/mol. The van der Waals surface area contributed by atoms with Crippen LogP contribution in [0.25, 0.3) is 0 Å². The molecule has 0 aliphatic rings. The van der Waals surface area contributed by atoms with Crippen LogP contribution in [0.4, 0.5) is 10.8 Å². The summed E-state index contributed by atoms with van der Waals surface area (Å²) in [5.41, 5.74) is 4.02. The molecule has 2 aromatic carbocycles. The Bertz CT molecular complexity index is 1200. The summed E-state index contributed by atoms with van der Waals surface area (Å²) in [5.74, 6) is -0.146. The fraction of sp³-hybridized carbons (Fsp3) is 0.308. The Kier molecular flexibility index (Phi) is 8.59. The standard InChI is InChI=1S/C26H30N4O4S/c1-16(2)30(25(33)19-7-10-22(34-5)11-8-19)14-24(32)29-26-28-21(15-35-26)13-23(31)27-20-9-6-17(3)18(4)12-20/h6-12,15-16H,13-14H2,1-5H3,(H,27,31)(H,28,29,32). The molecule has 9 heteroatoms. The molecule has 3 rings (SSSR count). The van der Waals surface area contributed by atoms with Gasteiger partial charge in [0.15, 0.2) is 5.13 Å². The van der Waals surface area contributed by atoms with Gasteiger partial charge < -0.3 is 20.3 Å². The molecule has 0 fully saturated rings. The average molecular weight is 495 g/mol. The number of amides is 3. The first-order chi connectivity index (χ1) is 16.7. The quantitative estimate of drug-likeness (QED) is 0.458. The second kappa shape index (κ2) is 11.6. The highest BCUT2D eigenvalue weighted by atomic mass is 32.1. The maximum atomic E-state index is 12.9. The van der Waals surface area contributed by atoms with E-state index >= 15 is 0 Å². The van der Waals surface area contributed by atoms with Gasteiger partial charge >= 0.3 is 0 Å². The van der Waals surface area contributed by atoms with Crippen molar-refractivity contribution in [1.29, 1.82) is 0 Å². The lowest BCUT2D eigenvalue weighted by molar-refractivity contribution is -0.117. The van der Waals surface area contributed by atoms with E-state index in [2.05, 4.69) is 15.6 Å².